The summed E-state index contributed by atoms with van der Waals surface area (Å²) in [5, 5.41) is 0. The molecule has 1 fully saturated rings. The fourth-order valence-electron chi connectivity index (χ4n) is 4.21. The summed E-state index contributed by atoms with van der Waals surface area (Å²) in [6.45, 7) is 6.24. The predicted molar refractivity (Wildman–Crippen MR) is 113 cm³/mol. The van der Waals surface area contributed by atoms with Crippen molar-refractivity contribution >= 4 is 11.9 Å². The zero-order valence-corrected chi connectivity index (χ0v) is 17.7. The summed E-state index contributed by atoms with van der Waals surface area (Å²) in [5.74, 6) is 1.31. The van der Waals surface area contributed by atoms with Crippen molar-refractivity contribution in [1.82, 2.24) is 14.9 Å². The van der Waals surface area contributed by atoms with Gasteiger partial charge in [0.15, 0.2) is 0 Å². The average molecular weight is 412 g/mol. The lowest BCUT2D eigenvalue weighted by Crippen LogP contribution is -2.47. The van der Waals surface area contributed by atoms with Gasteiger partial charge in [-0.1, -0.05) is 12.1 Å². The number of nitrogens with one attached hydrogen (secondary N) is 1. The number of hydrogen-bond donors (Lipinski definition) is 1. The van der Waals surface area contributed by atoms with Crippen LogP contribution in [0.1, 0.15) is 30.7 Å². The largest absolute Gasteiger partial charge is 0.497 e. The molecule has 1 N–H and O–H groups in total. The maximum Gasteiger partial charge on any atom is 0.255 e. The molecule has 0 bridgehead atoms. The monoisotopic (exact) mass is 412 g/mol. The van der Waals surface area contributed by atoms with Crippen LogP contribution in [0.15, 0.2) is 29.1 Å². The Hall–Kier alpha value is -2.87. The molecule has 1 aromatic heterocycles. The second kappa shape index (κ2) is 8.47. The van der Waals surface area contributed by atoms with Gasteiger partial charge in [-0.2, -0.15) is 0 Å². The summed E-state index contributed by atoms with van der Waals surface area (Å²) in [6.07, 6.45) is 0.936. The molecule has 160 valence electrons. The third-order valence-corrected chi connectivity index (χ3v) is 5.62. The van der Waals surface area contributed by atoms with Crippen molar-refractivity contribution in [3.8, 4) is 5.75 Å². The van der Waals surface area contributed by atoms with Crippen molar-refractivity contribution in [1.29, 1.82) is 0 Å². The Morgan fingerprint density at radius 1 is 1.30 bits per heavy atom. The summed E-state index contributed by atoms with van der Waals surface area (Å²) in [4.78, 5) is 37.0. The highest BCUT2D eigenvalue weighted by molar-refractivity contribution is 5.79. The molecule has 0 radical (unpaired) electrons. The Morgan fingerprint density at radius 2 is 2.07 bits per heavy atom. The molecule has 0 spiro atoms. The lowest BCUT2D eigenvalue weighted by molar-refractivity contribution is -0.131. The Kier molecular flexibility index (Phi) is 5.76. The van der Waals surface area contributed by atoms with E-state index in [1.807, 2.05) is 38.1 Å². The first-order valence-electron chi connectivity index (χ1n) is 10.4. The number of morpholine rings is 1. The maximum atomic E-state index is 12.9. The molecule has 4 rings (SSSR count). The van der Waals surface area contributed by atoms with E-state index in [-0.39, 0.29) is 23.7 Å². The molecule has 2 atom stereocenters. The summed E-state index contributed by atoms with van der Waals surface area (Å²) in [5.41, 5.74) is 2.16. The molecule has 1 aromatic carbocycles. The fraction of sp³-hybridized carbons (Fsp3) is 0.500. The number of carbonyl (C=O) groups excluding carboxylic acids is 1. The van der Waals surface area contributed by atoms with Crippen LogP contribution >= 0.6 is 0 Å². The van der Waals surface area contributed by atoms with E-state index in [9.17, 15) is 9.59 Å². The topological polar surface area (TPSA) is 87.8 Å². The van der Waals surface area contributed by atoms with Gasteiger partial charge in [0.1, 0.15) is 5.75 Å². The van der Waals surface area contributed by atoms with Gasteiger partial charge in [-0.05, 0) is 38.0 Å². The quantitative estimate of drug-likeness (QED) is 0.819. The van der Waals surface area contributed by atoms with E-state index in [1.165, 1.54) is 0 Å². The minimum atomic E-state index is -0.110. The lowest BCUT2D eigenvalue weighted by atomic mass is 10.0. The number of methoxy groups -OCH3 is 1. The number of anilines is 1. The van der Waals surface area contributed by atoms with E-state index in [1.54, 1.807) is 12.0 Å². The Bertz CT molecular complexity index is 979. The summed E-state index contributed by atoms with van der Waals surface area (Å²) < 4.78 is 11.0. The van der Waals surface area contributed by atoms with Gasteiger partial charge in [0.2, 0.25) is 11.9 Å². The molecule has 30 heavy (non-hydrogen) atoms. The van der Waals surface area contributed by atoms with Crippen molar-refractivity contribution < 1.29 is 14.3 Å². The molecule has 3 heterocycles. The SMILES string of the molecule is COc1cccc(CC(=O)N2CCc3c(nc(N4C[C@@H](C)O[C@H](C)C4)[nH]c3=O)C2)c1. The van der Waals surface area contributed by atoms with Crippen molar-refractivity contribution in [2.45, 2.75) is 45.4 Å². The van der Waals surface area contributed by atoms with Crippen molar-refractivity contribution in [3.63, 3.8) is 0 Å². The number of benzene rings is 1. The zero-order chi connectivity index (χ0) is 21.3. The van der Waals surface area contributed by atoms with Crippen LogP contribution < -0.4 is 15.2 Å². The van der Waals surface area contributed by atoms with E-state index < -0.39 is 0 Å². The van der Waals surface area contributed by atoms with E-state index in [4.69, 9.17) is 14.5 Å². The van der Waals surface area contributed by atoms with Crippen LogP contribution in [0.3, 0.4) is 0 Å². The molecule has 2 aliphatic rings. The number of amides is 1. The van der Waals surface area contributed by atoms with Gasteiger partial charge < -0.3 is 19.3 Å². The Balaban J connectivity index is 1.51. The highest BCUT2D eigenvalue weighted by atomic mass is 16.5. The van der Waals surface area contributed by atoms with Gasteiger partial charge in [0.05, 0.1) is 38.0 Å². The number of H-pyrrole nitrogens is 1. The molecule has 1 amide bonds. The number of fused-ring (bicyclic) bond motifs is 1. The van der Waals surface area contributed by atoms with E-state index in [2.05, 4.69) is 9.88 Å². The molecule has 0 unspecified atom stereocenters. The highest BCUT2D eigenvalue weighted by Gasteiger charge is 2.28. The van der Waals surface area contributed by atoms with Gasteiger partial charge in [-0.3, -0.25) is 14.6 Å². The second-order valence-electron chi connectivity index (χ2n) is 8.07. The standard InChI is InChI=1S/C22H28N4O4/c1-14-11-26(12-15(2)30-14)22-23-19-13-25(8-7-18(19)21(28)24-22)20(27)10-16-5-4-6-17(9-16)29-3/h4-6,9,14-15H,7-8,10-13H2,1-3H3,(H,23,24,28)/t14-,15-/m1/s1. The van der Waals surface area contributed by atoms with E-state index >= 15 is 0 Å². The molecular formula is C22H28N4O4. The average Bonchev–Trinajstić information content (AvgIpc) is 2.72. The molecular weight excluding hydrogens is 384 g/mol. The van der Waals surface area contributed by atoms with Crippen LogP contribution in [-0.2, 0) is 28.9 Å². The fourth-order valence-corrected chi connectivity index (χ4v) is 4.21. The van der Waals surface area contributed by atoms with Crippen LogP contribution in [0.2, 0.25) is 0 Å². The lowest BCUT2D eigenvalue weighted by Gasteiger charge is -2.36. The van der Waals surface area contributed by atoms with Crippen molar-refractivity contribution in [2.75, 3.05) is 31.6 Å². The van der Waals surface area contributed by atoms with Crippen LogP contribution in [0.4, 0.5) is 5.95 Å². The number of nitrogens with zero attached hydrogens (tertiary/aromatic N) is 3. The third-order valence-electron chi connectivity index (χ3n) is 5.62. The summed E-state index contributed by atoms with van der Waals surface area (Å²) in [6, 6.07) is 7.53. The first kappa shape index (κ1) is 20.4. The van der Waals surface area contributed by atoms with Gasteiger partial charge in [-0.25, -0.2) is 4.98 Å². The maximum absolute atomic E-state index is 12.9. The molecule has 2 aromatic rings. The van der Waals surface area contributed by atoms with Crippen LogP contribution in [0, 0.1) is 0 Å². The van der Waals surface area contributed by atoms with Crippen molar-refractivity contribution in [2.24, 2.45) is 0 Å². The number of aromatic nitrogens is 2. The normalized spacial score (nSPS) is 21.3. The number of ether oxygens (including phenoxy) is 2. The van der Waals surface area contributed by atoms with E-state index in [0.29, 0.717) is 56.2 Å². The molecule has 8 nitrogen and oxygen atoms in total. The first-order valence-corrected chi connectivity index (χ1v) is 10.4. The summed E-state index contributed by atoms with van der Waals surface area (Å²) in [7, 11) is 1.61. The predicted octanol–water partition coefficient (Wildman–Crippen LogP) is 1.52. The van der Waals surface area contributed by atoms with Crippen LogP contribution in [0.5, 0.6) is 5.75 Å². The zero-order valence-electron chi connectivity index (χ0n) is 17.7. The molecule has 2 aliphatic heterocycles. The van der Waals surface area contributed by atoms with Gasteiger partial charge >= 0.3 is 0 Å². The van der Waals surface area contributed by atoms with Gasteiger partial charge in [0, 0.05) is 25.2 Å². The van der Waals surface area contributed by atoms with Gasteiger partial charge in [-0.15, -0.1) is 0 Å². The third kappa shape index (κ3) is 4.33. The van der Waals surface area contributed by atoms with Gasteiger partial charge in [0.25, 0.3) is 5.56 Å². The molecule has 8 heteroatoms. The smallest absolute Gasteiger partial charge is 0.255 e. The molecule has 0 aliphatic carbocycles. The van der Waals surface area contributed by atoms with Crippen molar-refractivity contribution in [3.05, 3.63) is 51.4 Å². The molecule has 1 saturated heterocycles. The number of aromatic amines is 1. The number of carbonyl (C=O) groups is 1. The number of hydrogen-bond acceptors (Lipinski definition) is 6. The highest BCUT2D eigenvalue weighted by Crippen LogP contribution is 2.21. The minimum absolute atomic E-state index is 0.0196. The molecule has 0 saturated carbocycles. The Morgan fingerprint density at radius 3 is 2.80 bits per heavy atom. The number of rotatable bonds is 4. The minimum Gasteiger partial charge on any atom is -0.497 e. The summed E-state index contributed by atoms with van der Waals surface area (Å²) >= 11 is 0. The van der Waals surface area contributed by atoms with Crippen LogP contribution in [-0.4, -0.2) is 59.7 Å². The first-order chi connectivity index (χ1) is 14.4. The second-order valence-corrected chi connectivity index (χ2v) is 8.07. The Labute approximate surface area is 175 Å². The van der Waals surface area contributed by atoms with Crippen LogP contribution in [0.25, 0.3) is 0 Å². The van der Waals surface area contributed by atoms with E-state index in [0.717, 1.165) is 11.3 Å².